The molecule has 4 atom stereocenters. The van der Waals surface area contributed by atoms with Gasteiger partial charge in [-0.3, -0.25) is 9.59 Å². The summed E-state index contributed by atoms with van der Waals surface area (Å²) in [5, 5.41) is 15.9. The van der Waals surface area contributed by atoms with E-state index in [0.717, 1.165) is 63.9 Å². The van der Waals surface area contributed by atoms with E-state index in [2.05, 4.69) is 31.4 Å². The monoisotopic (exact) mass is 509 g/mol. The largest absolute Gasteiger partial charge is 0.487 e. The Bertz CT molecular complexity index is 1100. The summed E-state index contributed by atoms with van der Waals surface area (Å²) in [7, 11) is 0. The minimum atomic E-state index is -0.625. The number of ether oxygens (including phenoxy) is 1. The Kier molecular flexibility index (Phi) is 6.98. The fourth-order valence-electron chi connectivity index (χ4n) is 7.08. The van der Waals surface area contributed by atoms with Crippen LogP contribution in [-0.2, 0) is 4.79 Å². The summed E-state index contributed by atoms with van der Waals surface area (Å²) in [6, 6.07) is 4.17. The smallest absolute Gasteiger partial charge is 0.253 e. The van der Waals surface area contributed by atoms with Gasteiger partial charge in [0.05, 0.1) is 23.1 Å². The maximum absolute atomic E-state index is 14.8. The number of carbonyl (C=O) groups is 2. The van der Waals surface area contributed by atoms with Crippen LogP contribution in [0.4, 0.5) is 4.39 Å². The fourth-order valence-corrected chi connectivity index (χ4v) is 7.08. The van der Waals surface area contributed by atoms with E-state index in [0.29, 0.717) is 6.54 Å². The molecule has 1 aromatic rings. The zero-order chi connectivity index (χ0) is 26.4. The van der Waals surface area contributed by atoms with E-state index in [1.54, 1.807) is 0 Å². The summed E-state index contributed by atoms with van der Waals surface area (Å²) in [6.07, 6.45) is 9.94. The number of amides is 2. The summed E-state index contributed by atoms with van der Waals surface area (Å²) in [5.41, 5.74) is 0.535. The average molecular weight is 510 g/mol. The molecule has 7 heteroatoms. The number of nitrogens with one attached hydrogen (secondary N) is 2. The summed E-state index contributed by atoms with van der Waals surface area (Å²) in [6.45, 7) is 7.34. The molecule has 2 amide bonds. The van der Waals surface area contributed by atoms with E-state index in [9.17, 15) is 19.2 Å². The molecule has 0 spiro atoms. The maximum Gasteiger partial charge on any atom is 0.253 e. The van der Waals surface area contributed by atoms with Crippen molar-refractivity contribution in [3.8, 4) is 11.8 Å². The molecule has 0 heterocycles. The number of hydrogen-bond acceptors (Lipinski definition) is 4. The molecule has 1 aromatic carbocycles. The first-order valence-corrected chi connectivity index (χ1v) is 14.1. The number of fused-ring (bicyclic) bond motifs is 2. The van der Waals surface area contributed by atoms with E-state index in [1.807, 2.05) is 6.07 Å². The van der Waals surface area contributed by atoms with Crippen molar-refractivity contribution < 1.29 is 18.7 Å². The number of rotatable bonds is 7. The lowest BCUT2D eigenvalue weighted by atomic mass is 9.70. The third-order valence-electron chi connectivity index (χ3n) is 9.78. The van der Waals surface area contributed by atoms with Gasteiger partial charge in [0.15, 0.2) is 11.6 Å². The van der Waals surface area contributed by atoms with Gasteiger partial charge in [-0.05, 0) is 92.6 Å². The first kappa shape index (κ1) is 26.0. The second-order valence-corrected chi connectivity index (χ2v) is 13.2. The second kappa shape index (κ2) is 9.93. The van der Waals surface area contributed by atoms with Crippen molar-refractivity contribution in [2.45, 2.75) is 97.1 Å². The predicted octanol–water partition coefficient (Wildman–Crippen LogP) is 5.50. The Morgan fingerprint density at radius 2 is 1.78 bits per heavy atom. The van der Waals surface area contributed by atoms with Gasteiger partial charge in [0.2, 0.25) is 5.91 Å². The van der Waals surface area contributed by atoms with Gasteiger partial charge in [-0.15, -0.1) is 0 Å². The van der Waals surface area contributed by atoms with Gasteiger partial charge in [0.1, 0.15) is 6.07 Å². The number of carbonyl (C=O) groups excluding carboxylic acids is 2. The average Bonchev–Trinajstić information content (AvgIpc) is 3.45. The Labute approximate surface area is 219 Å². The van der Waals surface area contributed by atoms with E-state index in [4.69, 9.17) is 4.74 Å². The predicted molar refractivity (Wildman–Crippen MR) is 138 cm³/mol. The highest BCUT2D eigenvalue weighted by Crippen LogP contribution is 2.49. The minimum Gasteiger partial charge on any atom is -0.487 e. The molecule has 6 nitrogen and oxygen atoms in total. The number of nitriles is 1. The highest BCUT2D eigenvalue weighted by molar-refractivity contribution is 5.97. The van der Waals surface area contributed by atoms with Gasteiger partial charge in [-0.1, -0.05) is 27.2 Å². The van der Waals surface area contributed by atoms with Crippen LogP contribution in [0.3, 0.4) is 0 Å². The normalized spacial score (nSPS) is 29.7. The first-order chi connectivity index (χ1) is 17.6. The molecule has 2 N–H and O–H groups in total. The fraction of sp³-hybridized carbons (Fsp3) is 0.700. The molecule has 5 rings (SSSR count). The molecule has 0 saturated heterocycles. The summed E-state index contributed by atoms with van der Waals surface area (Å²) in [4.78, 5) is 26.7. The molecule has 4 saturated carbocycles. The van der Waals surface area contributed by atoms with Gasteiger partial charge >= 0.3 is 0 Å². The highest BCUT2D eigenvalue weighted by Gasteiger charge is 2.51. The van der Waals surface area contributed by atoms with Crippen molar-refractivity contribution in [3.05, 3.63) is 29.1 Å². The van der Waals surface area contributed by atoms with Gasteiger partial charge in [0, 0.05) is 12.6 Å². The van der Waals surface area contributed by atoms with Crippen molar-refractivity contribution in [1.82, 2.24) is 10.6 Å². The maximum atomic E-state index is 14.8. The third kappa shape index (κ3) is 5.35. The summed E-state index contributed by atoms with van der Waals surface area (Å²) < 4.78 is 20.8. The summed E-state index contributed by atoms with van der Waals surface area (Å²) in [5.74, 6) is -0.774. The standard InChI is InChI=1S/C30H40FN3O3/c1-29(2)11-7-21(8-12-29)37-24-15-22(20(16-32)14-23(24)31)27(35)34-26-19-6-5-18(13-19)25(26)28(36)33-17-30(3)9-4-10-30/h14-15,18-19,21,25-26H,4-13,17H2,1-3H3,(H,33,36)(H,34,35)/t18-,19+,25+,26-/m1/s1. The van der Waals surface area contributed by atoms with E-state index in [-0.39, 0.29) is 63.5 Å². The molecule has 37 heavy (non-hydrogen) atoms. The lowest BCUT2D eigenvalue weighted by molar-refractivity contribution is -0.128. The lowest BCUT2D eigenvalue weighted by Gasteiger charge is -2.39. The van der Waals surface area contributed by atoms with Gasteiger partial charge in [-0.2, -0.15) is 5.26 Å². The van der Waals surface area contributed by atoms with Crippen LogP contribution in [0.2, 0.25) is 0 Å². The van der Waals surface area contributed by atoms with Crippen LogP contribution in [0.25, 0.3) is 0 Å². The lowest BCUT2D eigenvalue weighted by Crippen LogP contribution is -2.51. The Balaban J connectivity index is 1.30. The van der Waals surface area contributed by atoms with Gasteiger partial charge < -0.3 is 15.4 Å². The van der Waals surface area contributed by atoms with Crippen molar-refractivity contribution in [3.63, 3.8) is 0 Å². The van der Waals surface area contributed by atoms with Crippen LogP contribution in [0, 0.1) is 45.7 Å². The van der Waals surface area contributed by atoms with Crippen LogP contribution < -0.4 is 15.4 Å². The Hall–Kier alpha value is -2.62. The molecule has 4 aliphatic rings. The SMILES string of the molecule is CC1(C)CCC(Oc2cc(C(=O)N[C@@H]3[C@H]4CC[C@H](C4)[C@@H]3C(=O)NCC3(C)CCC3)c(C#N)cc2F)CC1. The van der Waals surface area contributed by atoms with Crippen LogP contribution in [0.5, 0.6) is 5.75 Å². The zero-order valence-electron chi connectivity index (χ0n) is 22.4. The van der Waals surface area contributed by atoms with Crippen molar-refractivity contribution in [2.24, 2.45) is 28.6 Å². The third-order valence-corrected chi connectivity index (χ3v) is 9.78. The zero-order valence-corrected chi connectivity index (χ0v) is 22.4. The molecule has 0 unspecified atom stereocenters. The molecule has 4 aliphatic carbocycles. The Morgan fingerprint density at radius 1 is 1.08 bits per heavy atom. The highest BCUT2D eigenvalue weighted by atomic mass is 19.1. The van der Waals surface area contributed by atoms with Crippen molar-refractivity contribution >= 4 is 11.8 Å². The molecule has 0 aromatic heterocycles. The molecular weight excluding hydrogens is 469 g/mol. The molecule has 2 bridgehead atoms. The topological polar surface area (TPSA) is 91.2 Å². The van der Waals surface area contributed by atoms with E-state index >= 15 is 0 Å². The Morgan fingerprint density at radius 3 is 2.43 bits per heavy atom. The van der Waals surface area contributed by atoms with Crippen molar-refractivity contribution in [2.75, 3.05) is 6.54 Å². The van der Waals surface area contributed by atoms with Crippen LogP contribution >= 0.6 is 0 Å². The molecule has 4 fully saturated rings. The minimum absolute atomic E-state index is 0.0184. The van der Waals surface area contributed by atoms with Crippen LogP contribution in [-0.4, -0.2) is 30.5 Å². The second-order valence-electron chi connectivity index (χ2n) is 13.2. The number of halogens is 1. The molecule has 200 valence electrons. The van der Waals surface area contributed by atoms with Crippen molar-refractivity contribution in [1.29, 1.82) is 5.26 Å². The number of hydrogen-bond donors (Lipinski definition) is 2. The number of nitrogens with zero attached hydrogens (tertiary/aromatic N) is 1. The first-order valence-electron chi connectivity index (χ1n) is 14.1. The van der Waals surface area contributed by atoms with Crippen LogP contribution in [0.15, 0.2) is 12.1 Å². The van der Waals surface area contributed by atoms with Gasteiger partial charge in [0.25, 0.3) is 5.91 Å². The van der Waals surface area contributed by atoms with E-state index in [1.165, 1.54) is 12.5 Å². The molecular formula is C30H40FN3O3. The number of benzene rings is 1. The van der Waals surface area contributed by atoms with Gasteiger partial charge in [-0.25, -0.2) is 4.39 Å². The molecule has 0 radical (unpaired) electrons. The molecule has 0 aliphatic heterocycles. The summed E-state index contributed by atoms with van der Waals surface area (Å²) >= 11 is 0. The van der Waals surface area contributed by atoms with E-state index < -0.39 is 11.7 Å². The van der Waals surface area contributed by atoms with Crippen LogP contribution in [0.1, 0.15) is 101 Å². The quantitative estimate of drug-likeness (QED) is 0.508.